The molecule has 0 bridgehead atoms. The maximum Gasteiger partial charge on any atom is 0.328 e. The molecule has 3 unspecified atom stereocenters. The van der Waals surface area contributed by atoms with Crippen molar-refractivity contribution in [2.45, 2.75) is 24.3 Å². The molecule has 7 heteroatoms. The first kappa shape index (κ1) is 16.6. The summed E-state index contributed by atoms with van der Waals surface area (Å²) in [5.41, 5.74) is 4.06. The van der Waals surface area contributed by atoms with E-state index in [4.69, 9.17) is 4.99 Å². The number of fused-ring (bicyclic) bond motifs is 2. The smallest absolute Gasteiger partial charge is 0.328 e. The second-order valence-corrected chi connectivity index (χ2v) is 8.69. The van der Waals surface area contributed by atoms with Crippen LogP contribution in [0.4, 0.5) is 0 Å². The highest BCUT2D eigenvalue weighted by atomic mass is 32.2. The van der Waals surface area contributed by atoms with Crippen molar-refractivity contribution in [2.24, 2.45) is 19.1 Å². The molecule has 1 saturated heterocycles. The number of pyridine rings is 1. The van der Waals surface area contributed by atoms with Crippen LogP contribution in [0, 0.1) is 0 Å². The highest BCUT2D eigenvalue weighted by Crippen LogP contribution is 2.47. The molecule has 1 aromatic carbocycles. The Labute approximate surface area is 161 Å². The van der Waals surface area contributed by atoms with E-state index < -0.39 is 0 Å². The quantitative estimate of drug-likeness (QED) is 0.687. The number of aliphatic imine (C=N–C) groups is 1. The molecule has 4 heterocycles. The van der Waals surface area contributed by atoms with Gasteiger partial charge in [0.05, 0.1) is 22.8 Å². The van der Waals surface area contributed by atoms with E-state index in [-0.39, 0.29) is 17.8 Å². The topological polar surface area (TPSA) is 55.4 Å². The minimum Gasteiger partial charge on any atom is -0.341 e. The number of benzene rings is 1. The Morgan fingerprint density at radius 3 is 2.70 bits per heavy atom. The van der Waals surface area contributed by atoms with Crippen LogP contribution in [0.5, 0.6) is 0 Å². The minimum absolute atomic E-state index is 0.00265. The summed E-state index contributed by atoms with van der Waals surface area (Å²) in [6.07, 6.45) is 1.83. The molecule has 2 aliphatic heterocycles. The lowest BCUT2D eigenvalue weighted by molar-refractivity contribution is 0.321. The molecule has 138 valence electrons. The molecule has 0 N–H and O–H groups in total. The van der Waals surface area contributed by atoms with Gasteiger partial charge in [-0.25, -0.2) is 4.79 Å². The first-order chi connectivity index (χ1) is 13.0. The summed E-state index contributed by atoms with van der Waals surface area (Å²) in [5.74, 6) is 0. The summed E-state index contributed by atoms with van der Waals surface area (Å²) in [7, 11) is 3.64. The lowest BCUT2D eigenvalue weighted by Gasteiger charge is -2.27. The summed E-state index contributed by atoms with van der Waals surface area (Å²) in [6, 6.07) is 12.4. The van der Waals surface area contributed by atoms with Gasteiger partial charge in [-0.2, -0.15) is 0 Å². The Hall–Kier alpha value is -2.54. The molecule has 0 radical (unpaired) electrons. The minimum atomic E-state index is -0.0283. The van der Waals surface area contributed by atoms with E-state index in [0.29, 0.717) is 5.25 Å². The number of hydrogen-bond acceptors (Lipinski definition) is 5. The van der Waals surface area contributed by atoms with Gasteiger partial charge in [-0.3, -0.25) is 19.1 Å². The van der Waals surface area contributed by atoms with E-state index in [9.17, 15) is 4.79 Å². The molecular weight excluding hydrogens is 358 g/mol. The molecule has 27 heavy (non-hydrogen) atoms. The van der Waals surface area contributed by atoms with Gasteiger partial charge in [0.25, 0.3) is 0 Å². The number of rotatable bonds is 2. The zero-order valence-electron chi connectivity index (χ0n) is 15.5. The summed E-state index contributed by atoms with van der Waals surface area (Å²) in [5, 5.41) is 1.63. The lowest BCUT2D eigenvalue weighted by atomic mass is 9.96. The first-order valence-corrected chi connectivity index (χ1v) is 10.00. The third-order valence-electron chi connectivity index (χ3n) is 5.52. The van der Waals surface area contributed by atoms with E-state index in [2.05, 4.69) is 35.0 Å². The van der Waals surface area contributed by atoms with Crippen molar-refractivity contribution >= 4 is 28.0 Å². The summed E-state index contributed by atoms with van der Waals surface area (Å²) in [6.45, 7) is 3.21. The van der Waals surface area contributed by atoms with E-state index >= 15 is 0 Å². The van der Waals surface area contributed by atoms with Crippen LogP contribution in [0.15, 0.2) is 52.4 Å². The number of thioether (sulfide) groups is 1. The Morgan fingerprint density at radius 2 is 1.93 bits per heavy atom. The monoisotopic (exact) mass is 379 g/mol. The van der Waals surface area contributed by atoms with Gasteiger partial charge in [-0.05, 0) is 29.8 Å². The molecular formula is C20H21N5OS. The standard InChI is InChI=1S/C20H21N5OS/c1-12-11-25-18(17(22-19(25)27-12)14-6-4-5-9-21-14)13-7-8-15-16(10-13)24(3)20(26)23(15)2/h4-10,12,17-18H,11H2,1-3H3. The fourth-order valence-electron chi connectivity index (χ4n) is 4.19. The maximum atomic E-state index is 12.3. The summed E-state index contributed by atoms with van der Waals surface area (Å²) >= 11 is 1.84. The van der Waals surface area contributed by atoms with Crippen LogP contribution >= 0.6 is 11.8 Å². The van der Waals surface area contributed by atoms with Gasteiger partial charge in [-0.15, -0.1) is 0 Å². The molecule has 3 atom stereocenters. The Balaban J connectivity index is 1.66. The molecule has 5 rings (SSSR count). The van der Waals surface area contributed by atoms with Gasteiger partial charge >= 0.3 is 5.69 Å². The van der Waals surface area contributed by atoms with Crippen LogP contribution < -0.4 is 5.69 Å². The number of aryl methyl sites for hydroxylation is 2. The predicted molar refractivity (Wildman–Crippen MR) is 109 cm³/mol. The molecule has 1 fully saturated rings. The van der Waals surface area contributed by atoms with Crippen LogP contribution in [0.1, 0.15) is 30.3 Å². The fraction of sp³-hybridized carbons (Fsp3) is 0.350. The van der Waals surface area contributed by atoms with Crippen molar-refractivity contribution in [2.75, 3.05) is 6.54 Å². The molecule has 0 aliphatic carbocycles. The number of nitrogens with zero attached hydrogens (tertiary/aromatic N) is 5. The van der Waals surface area contributed by atoms with Gasteiger partial charge in [0, 0.05) is 32.1 Å². The largest absolute Gasteiger partial charge is 0.341 e. The normalized spacial score (nSPS) is 24.5. The van der Waals surface area contributed by atoms with Crippen LogP contribution in [0.3, 0.4) is 0 Å². The van der Waals surface area contributed by atoms with E-state index in [1.54, 1.807) is 9.13 Å². The van der Waals surface area contributed by atoms with Gasteiger partial charge in [0.2, 0.25) is 0 Å². The Kier molecular flexibility index (Phi) is 3.69. The van der Waals surface area contributed by atoms with Gasteiger partial charge in [0.15, 0.2) is 5.17 Å². The highest BCUT2D eigenvalue weighted by molar-refractivity contribution is 8.14. The number of aromatic nitrogens is 3. The van der Waals surface area contributed by atoms with E-state index in [1.165, 1.54) is 5.56 Å². The van der Waals surface area contributed by atoms with E-state index in [0.717, 1.165) is 28.4 Å². The Morgan fingerprint density at radius 1 is 1.11 bits per heavy atom. The molecule has 0 saturated carbocycles. The average Bonchev–Trinajstić information content (AvgIpc) is 3.28. The highest BCUT2D eigenvalue weighted by Gasteiger charge is 2.43. The zero-order chi connectivity index (χ0) is 18.7. The zero-order valence-corrected chi connectivity index (χ0v) is 16.3. The lowest BCUT2D eigenvalue weighted by Crippen LogP contribution is -2.28. The Bertz CT molecular complexity index is 1120. The van der Waals surface area contributed by atoms with Crippen LogP contribution in [-0.2, 0) is 14.1 Å². The van der Waals surface area contributed by atoms with Crippen molar-refractivity contribution in [1.82, 2.24) is 19.0 Å². The van der Waals surface area contributed by atoms with Crippen molar-refractivity contribution < 1.29 is 0 Å². The van der Waals surface area contributed by atoms with Crippen molar-refractivity contribution in [3.8, 4) is 0 Å². The number of imidazole rings is 1. The second-order valence-electron chi connectivity index (χ2n) is 7.29. The van der Waals surface area contributed by atoms with Crippen LogP contribution in [-0.4, -0.2) is 36.0 Å². The van der Waals surface area contributed by atoms with Crippen molar-refractivity contribution in [3.05, 3.63) is 64.3 Å². The SMILES string of the molecule is CC1CN2C(=NC(c3ccccn3)C2c2ccc3c(c2)n(C)c(=O)n3C)S1. The van der Waals surface area contributed by atoms with Gasteiger partial charge in [-0.1, -0.05) is 30.8 Å². The molecule has 6 nitrogen and oxygen atoms in total. The number of amidine groups is 1. The average molecular weight is 379 g/mol. The second kappa shape index (κ2) is 5.99. The summed E-state index contributed by atoms with van der Waals surface area (Å²) < 4.78 is 3.41. The third-order valence-corrected chi connectivity index (χ3v) is 6.62. The third kappa shape index (κ3) is 2.45. The van der Waals surface area contributed by atoms with Crippen molar-refractivity contribution in [3.63, 3.8) is 0 Å². The van der Waals surface area contributed by atoms with Crippen molar-refractivity contribution in [1.29, 1.82) is 0 Å². The fourth-order valence-corrected chi connectivity index (χ4v) is 5.28. The molecule has 0 spiro atoms. The molecule has 2 aliphatic rings. The van der Waals surface area contributed by atoms with E-state index in [1.807, 2.05) is 50.3 Å². The number of hydrogen-bond donors (Lipinski definition) is 0. The van der Waals surface area contributed by atoms with Gasteiger partial charge in [0.1, 0.15) is 6.04 Å². The molecule has 0 amide bonds. The van der Waals surface area contributed by atoms with Crippen LogP contribution in [0.25, 0.3) is 11.0 Å². The van der Waals surface area contributed by atoms with Gasteiger partial charge < -0.3 is 4.90 Å². The molecule has 3 aromatic rings. The first-order valence-electron chi connectivity index (χ1n) is 9.12. The maximum absolute atomic E-state index is 12.3. The summed E-state index contributed by atoms with van der Waals surface area (Å²) in [4.78, 5) is 24.3. The predicted octanol–water partition coefficient (Wildman–Crippen LogP) is 2.86. The van der Waals surface area contributed by atoms with Crippen LogP contribution in [0.2, 0.25) is 0 Å². The molecule has 2 aromatic heterocycles.